The van der Waals surface area contributed by atoms with Gasteiger partial charge in [0.1, 0.15) is 0 Å². The Morgan fingerprint density at radius 1 is 1.44 bits per heavy atom. The van der Waals surface area contributed by atoms with Crippen LogP contribution in [-0.2, 0) is 0 Å². The third-order valence-corrected chi connectivity index (χ3v) is 3.84. The molecule has 1 aromatic carbocycles. The first kappa shape index (κ1) is 15.7. The predicted octanol–water partition coefficient (Wildman–Crippen LogP) is 4.15. The Hall–Kier alpha value is -0.380. The second-order valence-corrected chi connectivity index (χ2v) is 5.79. The Bertz CT molecular complexity index is 423. The summed E-state index contributed by atoms with van der Waals surface area (Å²) in [6.45, 7) is 4.46. The molecular weight excluding hydrogens is 289 g/mol. The summed E-state index contributed by atoms with van der Waals surface area (Å²) in [7, 11) is 0. The van der Waals surface area contributed by atoms with E-state index in [2.05, 4.69) is 0 Å². The normalized spacial score (nSPS) is 10.8. The molecule has 1 rings (SSSR count). The van der Waals surface area contributed by atoms with E-state index in [1.165, 1.54) is 0 Å². The maximum absolute atomic E-state index is 12.4. The van der Waals surface area contributed by atoms with Crippen molar-refractivity contribution in [3.63, 3.8) is 0 Å². The van der Waals surface area contributed by atoms with Gasteiger partial charge in [-0.1, -0.05) is 11.6 Å². The average Bonchev–Trinajstić information content (AvgIpc) is 2.35. The molecule has 1 amide bonds. The Morgan fingerprint density at radius 3 is 2.61 bits per heavy atom. The third-order valence-electron chi connectivity index (χ3n) is 2.61. The molecule has 0 aliphatic rings. The lowest BCUT2D eigenvalue weighted by Gasteiger charge is -2.26. The van der Waals surface area contributed by atoms with Crippen molar-refractivity contribution in [1.29, 1.82) is 0 Å². The first-order valence-electron chi connectivity index (χ1n) is 5.71. The largest absolute Gasteiger partial charge is 0.335 e. The number of hydrogen-bond acceptors (Lipinski definition) is 2. The van der Waals surface area contributed by atoms with Gasteiger partial charge in [0.05, 0.1) is 10.6 Å². The number of carbonyl (C=O) groups is 1. The molecule has 0 atom stereocenters. The molecule has 0 unspecified atom stereocenters. The summed E-state index contributed by atoms with van der Waals surface area (Å²) in [6, 6.07) is 5.61. The van der Waals surface area contributed by atoms with Crippen LogP contribution < -0.4 is 0 Å². The quantitative estimate of drug-likeness (QED) is 0.601. The molecule has 0 aliphatic carbocycles. The number of carbonyl (C=O) groups excluding carboxylic acids is 1. The molecule has 0 bridgehead atoms. The van der Waals surface area contributed by atoms with Crippen LogP contribution >= 0.6 is 35.0 Å². The van der Waals surface area contributed by atoms with Crippen molar-refractivity contribution >= 4 is 40.9 Å². The molecule has 0 aromatic heterocycles. The van der Waals surface area contributed by atoms with Crippen LogP contribution in [-0.4, -0.2) is 35.5 Å². The van der Waals surface area contributed by atoms with Crippen molar-refractivity contribution in [2.45, 2.75) is 24.8 Å². The van der Waals surface area contributed by atoms with Crippen LogP contribution in [0.2, 0.25) is 5.02 Å². The van der Waals surface area contributed by atoms with Crippen LogP contribution in [0, 0.1) is 0 Å². The topological polar surface area (TPSA) is 20.3 Å². The zero-order valence-electron chi connectivity index (χ0n) is 10.7. The van der Waals surface area contributed by atoms with Crippen LogP contribution in [0.15, 0.2) is 23.1 Å². The van der Waals surface area contributed by atoms with Crippen molar-refractivity contribution < 1.29 is 4.79 Å². The molecule has 0 saturated heterocycles. The summed E-state index contributed by atoms with van der Waals surface area (Å²) >= 11 is 13.4. The van der Waals surface area contributed by atoms with Gasteiger partial charge in [0.2, 0.25) is 0 Å². The zero-order chi connectivity index (χ0) is 13.7. The fourth-order valence-corrected chi connectivity index (χ4v) is 2.46. The van der Waals surface area contributed by atoms with Crippen LogP contribution in [0.3, 0.4) is 0 Å². The Morgan fingerprint density at radius 2 is 2.11 bits per heavy atom. The highest BCUT2D eigenvalue weighted by Gasteiger charge is 2.20. The number of benzene rings is 1. The molecule has 2 nitrogen and oxygen atoms in total. The zero-order valence-corrected chi connectivity index (χ0v) is 13.1. The Kier molecular flexibility index (Phi) is 6.33. The van der Waals surface area contributed by atoms with Gasteiger partial charge in [0.15, 0.2) is 0 Å². The molecule has 5 heteroatoms. The lowest BCUT2D eigenvalue weighted by molar-refractivity contribution is 0.0718. The number of thioether (sulfide) groups is 1. The smallest absolute Gasteiger partial charge is 0.255 e. The predicted molar refractivity (Wildman–Crippen MR) is 80.1 cm³/mol. The van der Waals surface area contributed by atoms with Crippen LogP contribution in [0.1, 0.15) is 24.2 Å². The van der Waals surface area contributed by atoms with Gasteiger partial charge >= 0.3 is 0 Å². The number of nitrogens with zero attached hydrogens (tertiary/aromatic N) is 1. The molecule has 100 valence electrons. The molecule has 0 aliphatic heterocycles. The van der Waals surface area contributed by atoms with E-state index in [1.807, 2.05) is 32.2 Å². The van der Waals surface area contributed by atoms with E-state index >= 15 is 0 Å². The van der Waals surface area contributed by atoms with Gasteiger partial charge in [0, 0.05) is 23.4 Å². The van der Waals surface area contributed by atoms with E-state index in [0.29, 0.717) is 23.0 Å². The Balaban J connectivity index is 3.07. The van der Waals surface area contributed by atoms with Crippen LogP contribution in [0.5, 0.6) is 0 Å². The second kappa shape index (κ2) is 7.27. The monoisotopic (exact) mass is 305 g/mol. The number of halogens is 2. The summed E-state index contributed by atoms with van der Waals surface area (Å²) < 4.78 is 0. The van der Waals surface area contributed by atoms with Gasteiger partial charge in [0.25, 0.3) is 5.91 Å². The molecule has 0 heterocycles. The lowest BCUT2D eigenvalue weighted by atomic mass is 10.1. The van der Waals surface area contributed by atoms with E-state index in [-0.39, 0.29) is 11.9 Å². The summed E-state index contributed by atoms with van der Waals surface area (Å²) in [5.74, 6) is 0.357. The molecule has 0 radical (unpaired) electrons. The van der Waals surface area contributed by atoms with Crippen molar-refractivity contribution in [3.8, 4) is 0 Å². The highest BCUT2D eigenvalue weighted by molar-refractivity contribution is 7.98. The maximum atomic E-state index is 12.4. The van der Waals surface area contributed by atoms with Gasteiger partial charge in [-0.2, -0.15) is 0 Å². The standard InChI is InChI=1S/C13H17Cl2NOS/c1-9(2)16(7-6-14)13(17)11-8-10(18-3)4-5-12(11)15/h4-5,8-9H,6-7H2,1-3H3. The highest BCUT2D eigenvalue weighted by atomic mass is 35.5. The SMILES string of the molecule is CSc1ccc(Cl)c(C(=O)N(CCCl)C(C)C)c1. The van der Waals surface area contributed by atoms with Crippen molar-refractivity contribution in [2.24, 2.45) is 0 Å². The summed E-state index contributed by atoms with van der Waals surface area (Å²) in [5.41, 5.74) is 0.544. The molecule has 0 N–H and O–H groups in total. The number of alkyl halides is 1. The molecule has 1 aromatic rings. The maximum Gasteiger partial charge on any atom is 0.255 e. The van der Waals surface area contributed by atoms with Crippen molar-refractivity contribution in [2.75, 3.05) is 18.7 Å². The van der Waals surface area contributed by atoms with E-state index < -0.39 is 0 Å². The van der Waals surface area contributed by atoms with E-state index in [4.69, 9.17) is 23.2 Å². The average molecular weight is 306 g/mol. The summed E-state index contributed by atoms with van der Waals surface area (Å²) in [4.78, 5) is 15.2. The highest BCUT2D eigenvalue weighted by Crippen LogP contribution is 2.24. The Labute approximate surface area is 123 Å². The fraction of sp³-hybridized carbons (Fsp3) is 0.462. The van der Waals surface area contributed by atoms with E-state index in [9.17, 15) is 4.79 Å². The third kappa shape index (κ3) is 3.81. The minimum absolute atomic E-state index is 0.0634. The molecule has 0 spiro atoms. The van der Waals surface area contributed by atoms with Crippen LogP contribution in [0.4, 0.5) is 0 Å². The summed E-state index contributed by atoms with van der Waals surface area (Å²) in [6.07, 6.45) is 1.97. The number of rotatable bonds is 5. The van der Waals surface area contributed by atoms with E-state index in [0.717, 1.165) is 4.90 Å². The van der Waals surface area contributed by atoms with Gasteiger partial charge in [-0.3, -0.25) is 4.79 Å². The van der Waals surface area contributed by atoms with Gasteiger partial charge in [-0.05, 0) is 38.3 Å². The van der Waals surface area contributed by atoms with E-state index in [1.54, 1.807) is 22.7 Å². The molecule has 0 saturated carbocycles. The minimum atomic E-state index is -0.0634. The van der Waals surface area contributed by atoms with Crippen molar-refractivity contribution in [3.05, 3.63) is 28.8 Å². The second-order valence-electron chi connectivity index (χ2n) is 4.13. The van der Waals surface area contributed by atoms with Gasteiger partial charge in [-0.25, -0.2) is 0 Å². The van der Waals surface area contributed by atoms with Gasteiger partial charge < -0.3 is 4.90 Å². The first-order chi connectivity index (χ1) is 8.51. The minimum Gasteiger partial charge on any atom is -0.335 e. The van der Waals surface area contributed by atoms with Crippen molar-refractivity contribution in [1.82, 2.24) is 4.90 Å². The fourth-order valence-electron chi connectivity index (χ4n) is 1.64. The summed E-state index contributed by atoms with van der Waals surface area (Å²) in [5, 5.41) is 0.484. The van der Waals surface area contributed by atoms with Crippen LogP contribution in [0.25, 0.3) is 0 Å². The number of amides is 1. The number of hydrogen-bond donors (Lipinski definition) is 0. The molecular formula is C13H17Cl2NOS. The first-order valence-corrected chi connectivity index (χ1v) is 7.85. The molecule has 18 heavy (non-hydrogen) atoms. The van der Waals surface area contributed by atoms with Gasteiger partial charge in [-0.15, -0.1) is 23.4 Å². The molecule has 0 fully saturated rings. The lowest BCUT2D eigenvalue weighted by Crippen LogP contribution is -2.38.